The summed E-state index contributed by atoms with van der Waals surface area (Å²) < 4.78 is 2.30. The molecule has 0 aliphatic rings. The Bertz CT molecular complexity index is 1160. The van der Waals surface area contributed by atoms with Gasteiger partial charge in [0.1, 0.15) is 0 Å². The largest absolute Gasteiger partial charge is 0.341 e. The van der Waals surface area contributed by atoms with Gasteiger partial charge in [-0.15, -0.1) is 0 Å². The minimum atomic E-state index is -0.272. The third-order valence-corrected chi connectivity index (χ3v) is 4.85. The summed E-state index contributed by atoms with van der Waals surface area (Å²) in [5.74, 6) is -0.272. The van der Waals surface area contributed by atoms with E-state index in [0.717, 1.165) is 12.1 Å². The van der Waals surface area contributed by atoms with Crippen LogP contribution in [0.4, 0.5) is 0 Å². The van der Waals surface area contributed by atoms with Gasteiger partial charge < -0.3 is 4.57 Å². The van der Waals surface area contributed by atoms with Crippen molar-refractivity contribution in [1.82, 2.24) is 9.99 Å². The van der Waals surface area contributed by atoms with E-state index in [0.29, 0.717) is 10.6 Å². The lowest BCUT2D eigenvalue weighted by molar-refractivity contribution is 0.0955. The van der Waals surface area contributed by atoms with E-state index in [2.05, 4.69) is 58.4 Å². The Morgan fingerprint density at radius 2 is 1.78 bits per heavy atom. The number of benzene rings is 3. The third kappa shape index (κ3) is 3.32. The van der Waals surface area contributed by atoms with Gasteiger partial charge in [0.2, 0.25) is 0 Å². The Kier molecular flexibility index (Phi) is 4.65. The lowest BCUT2D eigenvalue weighted by Gasteiger charge is -2.03. The molecular weight excluding hydrogens is 358 g/mol. The first-order chi connectivity index (χ1) is 13.2. The Morgan fingerprint density at radius 3 is 2.56 bits per heavy atom. The number of aryl methyl sites for hydroxylation is 1. The van der Waals surface area contributed by atoms with Crippen LogP contribution in [0.2, 0.25) is 5.02 Å². The summed E-state index contributed by atoms with van der Waals surface area (Å²) in [6, 6.07) is 21.3. The number of hydrazone groups is 1. The van der Waals surface area contributed by atoms with Gasteiger partial charge in [-0.3, -0.25) is 4.79 Å². The molecule has 0 aliphatic heterocycles. The molecule has 4 rings (SSSR count). The van der Waals surface area contributed by atoms with Crippen LogP contribution in [0, 0.1) is 0 Å². The lowest BCUT2D eigenvalue weighted by Crippen LogP contribution is -2.17. The van der Waals surface area contributed by atoms with E-state index in [1.807, 2.05) is 6.07 Å². The molecule has 0 atom stereocenters. The number of halogens is 1. The smallest absolute Gasteiger partial charge is 0.271 e. The van der Waals surface area contributed by atoms with Crippen molar-refractivity contribution in [1.29, 1.82) is 0 Å². The van der Waals surface area contributed by atoms with Crippen molar-refractivity contribution in [2.45, 2.75) is 13.5 Å². The van der Waals surface area contributed by atoms with Crippen molar-refractivity contribution in [2.75, 3.05) is 0 Å². The molecule has 0 radical (unpaired) electrons. The van der Waals surface area contributed by atoms with Crippen LogP contribution < -0.4 is 5.43 Å². The summed E-state index contributed by atoms with van der Waals surface area (Å²) in [6.07, 6.45) is 1.66. The molecule has 1 N–H and O–H groups in total. The minimum Gasteiger partial charge on any atom is -0.341 e. The molecule has 3 aromatic carbocycles. The standard InChI is InChI=1S/C22H18ClN3O/c1-2-26-20-6-4-3-5-18(20)19-13-15(7-12-21(19)26)14-24-25-22(27)16-8-10-17(23)11-9-16/h3-14H,2H2,1H3,(H,25,27)/b24-14+. The second kappa shape index (κ2) is 7.25. The van der Waals surface area contributed by atoms with Gasteiger partial charge in [0, 0.05) is 38.9 Å². The zero-order valence-corrected chi connectivity index (χ0v) is 15.6. The molecule has 5 heteroatoms. The van der Waals surface area contributed by atoms with E-state index in [4.69, 9.17) is 11.6 Å². The number of fused-ring (bicyclic) bond motifs is 3. The van der Waals surface area contributed by atoms with Gasteiger partial charge in [0.05, 0.1) is 6.21 Å². The number of carbonyl (C=O) groups is 1. The summed E-state index contributed by atoms with van der Waals surface area (Å²) >= 11 is 5.84. The van der Waals surface area contributed by atoms with Gasteiger partial charge in [0.25, 0.3) is 5.91 Å². The maximum atomic E-state index is 12.1. The van der Waals surface area contributed by atoms with Crippen molar-refractivity contribution >= 4 is 45.5 Å². The first-order valence-electron chi connectivity index (χ1n) is 8.77. The summed E-state index contributed by atoms with van der Waals surface area (Å²) in [4.78, 5) is 12.1. The highest BCUT2D eigenvalue weighted by molar-refractivity contribution is 6.30. The van der Waals surface area contributed by atoms with Crippen molar-refractivity contribution in [2.24, 2.45) is 5.10 Å². The molecular formula is C22H18ClN3O. The highest BCUT2D eigenvalue weighted by atomic mass is 35.5. The monoisotopic (exact) mass is 375 g/mol. The Labute approximate surface area is 162 Å². The van der Waals surface area contributed by atoms with Crippen LogP contribution in [-0.4, -0.2) is 16.7 Å². The van der Waals surface area contributed by atoms with Crippen LogP contribution in [0.3, 0.4) is 0 Å². The van der Waals surface area contributed by atoms with E-state index in [-0.39, 0.29) is 5.91 Å². The van der Waals surface area contributed by atoms with Gasteiger partial charge in [-0.1, -0.05) is 35.9 Å². The molecule has 0 bridgehead atoms. The van der Waals surface area contributed by atoms with Crippen LogP contribution in [0.15, 0.2) is 71.8 Å². The zero-order valence-electron chi connectivity index (χ0n) is 14.8. The molecule has 1 heterocycles. The number of para-hydroxylation sites is 1. The number of nitrogens with one attached hydrogen (secondary N) is 1. The van der Waals surface area contributed by atoms with Crippen LogP contribution in [0.25, 0.3) is 21.8 Å². The molecule has 1 aromatic heterocycles. The normalized spacial score (nSPS) is 11.5. The fourth-order valence-corrected chi connectivity index (χ4v) is 3.45. The van der Waals surface area contributed by atoms with Crippen LogP contribution in [0.1, 0.15) is 22.8 Å². The average Bonchev–Trinajstić information content (AvgIpc) is 3.01. The molecule has 0 unspecified atom stereocenters. The molecule has 4 nitrogen and oxygen atoms in total. The number of nitrogens with zero attached hydrogens (tertiary/aromatic N) is 2. The van der Waals surface area contributed by atoms with Gasteiger partial charge in [0.15, 0.2) is 0 Å². The van der Waals surface area contributed by atoms with E-state index in [1.54, 1.807) is 30.5 Å². The third-order valence-electron chi connectivity index (χ3n) is 4.60. The minimum absolute atomic E-state index is 0.272. The number of hydrogen-bond donors (Lipinski definition) is 1. The maximum absolute atomic E-state index is 12.1. The molecule has 0 saturated heterocycles. The molecule has 1 amide bonds. The fourth-order valence-electron chi connectivity index (χ4n) is 3.32. The molecule has 4 aromatic rings. The fraction of sp³-hybridized carbons (Fsp3) is 0.0909. The zero-order chi connectivity index (χ0) is 18.8. The first kappa shape index (κ1) is 17.3. The Hall–Kier alpha value is -3.11. The van der Waals surface area contributed by atoms with Gasteiger partial charge in [-0.25, -0.2) is 5.43 Å². The predicted molar refractivity (Wildman–Crippen MR) is 112 cm³/mol. The van der Waals surface area contributed by atoms with Crippen molar-refractivity contribution in [3.05, 3.63) is 82.9 Å². The topological polar surface area (TPSA) is 46.4 Å². The molecule has 134 valence electrons. The number of aromatic nitrogens is 1. The second-order valence-electron chi connectivity index (χ2n) is 6.24. The van der Waals surface area contributed by atoms with E-state index < -0.39 is 0 Å². The first-order valence-corrected chi connectivity index (χ1v) is 9.15. The predicted octanol–water partition coefficient (Wildman–Crippen LogP) is 5.23. The number of rotatable bonds is 4. The maximum Gasteiger partial charge on any atom is 0.271 e. The highest BCUT2D eigenvalue weighted by Gasteiger charge is 2.09. The SMILES string of the molecule is CCn1c2ccccc2c2cc(/C=N/NC(=O)c3ccc(Cl)cc3)ccc21. The quantitative estimate of drug-likeness (QED) is 0.385. The van der Waals surface area contributed by atoms with Gasteiger partial charge in [-0.05, 0) is 55.0 Å². The highest BCUT2D eigenvalue weighted by Crippen LogP contribution is 2.29. The number of carbonyl (C=O) groups excluding carboxylic acids is 1. The summed E-state index contributed by atoms with van der Waals surface area (Å²) in [7, 11) is 0. The van der Waals surface area contributed by atoms with Crippen LogP contribution in [0.5, 0.6) is 0 Å². The number of amides is 1. The van der Waals surface area contributed by atoms with Gasteiger partial charge in [-0.2, -0.15) is 5.10 Å². The van der Waals surface area contributed by atoms with Crippen LogP contribution in [-0.2, 0) is 6.54 Å². The number of hydrogen-bond acceptors (Lipinski definition) is 2. The van der Waals surface area contributed by atoms with Crippen molar-refractivity contribution in [3.63, 3.8) is 0 Å². The van der Waals surface area contributed by atoms with E-state index >= 15 is 0 Å². The molecule has 0 saturated carbocycles. The Balaban J connectivity index is 1.61. The Morgan fingerprint density at radius 1 is 1.04 bits per heavy atom. The van der Waals surface area contributed by atoms with E-state index in [9.17, 15) is 4.79 Å². The summed E-state index contributed by atoms with van der Waals surface area (Å²) in [5, 5.41) is 7.08. The molecule has 27 heavy (non-hydrogen) atoms. The van der Waals surface area contributed by atoms with Gasteiger partial charge >= 0.3 is 0 Å². The molecule has 0 fully saturated rings. The van der Waals surface area contributed by atoms with Crippen molar-refractivity contribution in [3.8, 4) is 0 Å². The van der Waals surface area contributed by atoms with Crippen molar-refractivity contribution < 1.29 is 4.79 Å². The summed E-state index contributed by atoms with van der Waals surface area (Å²) in [6.45, 7) is 3.06. The lowest BCUT2D eigenvalue weighted by atomic mass is 10.1. The molecule has 0 spiro atoms. The second-order valence-corrected chi connectivity index (χ2v) is 6.68. The molecule has 0 aliphatic carbocycles. The average molecular weight is 376 g/mol. The summed E-state index contributed by atoms with van der Waals surface area (Å²) in [5.41, 5.74) is 6.41. The van der Waals surface area contributed by atoms with E-state index in [1.165, 1.54) is 21.8 Å². The van der Waals surface area contributed by atoms with Crippen LogP contribution >= 0.6 is 11.6 Å².